The van der Waals surface area contributed by atoms with E-state index < -0.39 is 0 Å². The summed E-state index contributed by atoms with van der Waals surface area (Å²) in [6, 6.07) is 0. The Bertz CT molecular complexity index is 205. The highest BCUT2D eigenvalue weighted by atomic mass is 16.5. The number of hydrogen-bond acceptors (Lipinski definition) is 3. The predicted molar refractivity (Wildman–Crippen MR) is 101 cm³/mol. The fraction of sp³-hybridized carbons (Fsp3) is 0.800. The van der Waals surface area contributed by atoms with Gasteiger partial charge in [-0.25, -0.2) is 0 Å². The first kappa shape index (κ1) is 24.6. The number of rotatable bonds is 3. The van der Waals surface area contributed by atoms with Gasteiger partial charge in [0.1, 0.15) is 0 Å². The van der Waals surface area contributed by atoms with Crippen LogP contribution in [-0.2, 0) is 4.74 Å². The van der Waals surface area contributed by atoms with Crippen molar-refractivity contribution in [3.63, 3.8) is 0 Å². The van der Waals surface area contributed by atoms with Gasteiger partial charge in [-0.15, -0.1) is 13.2 Å². The molecule has 0 amide bonds. The average molecular weight is 329 g/mol. The smallest absolute Gasteiger partial charge is 0.0662 e. The van der Waals surface area contributed by atoms with Crippen LogP contribution in [0.4, 0.5) is 0 Å². The van der Waals surface area contributed by atoms with Gasteiger partial charge < -0.3 is 14.9 Å². The largest absolute Gasteiger partial charge is 0.394 e. The van der Waals surface area contributed by atoms with Gasteiger partial charge in [0.15, 0.2) is 0 Å². The van der Waals surface area contributed by atoms with E-state index in [1.807, 2.05) is 13.8 Å². The maximum Gasteiger partial charge on any atom is 0.0662 e. The molecule has 2 aliphatic carbocycles. The molecule has 0 saturated heterocycles. The zero-order valence-corrected chi connectivity index (χ0v) is 15.5. The Morgan fingerprint density at radius 2 is 1.00 bits per heavy atom. The first-order chi connectivity index (χ1) is 11.2. The van der Waals surface area contributed by atoms with Crippen LogP contribution in [0.15, 0.2) is 25.3 Å². The second-order valence-corrected chi connectivity index (χ2v) is 5.92. The van der Waals surface area contributed by atoms with Gasteiger partial charge in [-0.1, -0.05) is 50.7 Å². The number of aliphatic hydroxyl groups excluding tert-OH is 2. The molecule has 2 rings (SSSR count). The normalized spacial score (nSPS) is 18.1. The molecule has 138 valence electrons. The van der Waals surface area contributed by atoms with Crippen LogP contribution in [0, 0.1) is 0 Å². The van der Waals surface area contributed by atoms with Gasteiger partial charge in [0.2, 0.25) is 0 Å². The van der Waals surface area contributed by atoms with Gasteiger partial charge in [-0.2, -0.15) is 0 Å². The number of aliphatic hydroxyl groups is 2. The van der Waals surface area contributed by atoms with Gasteiger partial charge in [-0.05, 0) is 39.5 Å². The molecule has 23 heavy (non-hydrogen) atoms. The SMILES string of the molecule is C1CCC(OC2CCCCC2)CC1.C=CC.C=CC.OCCO. The summed E-state index contributed by atoms with van der Waals surface area (Å²) in [6.07, 6.45) is 18.5. The quantitative estimate of drug-likeness (QED) is 0.715. The van der Waals surface area contributed by atoms with E-state index in [9.17, 15) is 0 Å². The van der Waals surface area contributed by atoms with Gasteiger partial charge in [-0.3, -0.25) is 0 Å². The third-order valence-corrected chi connectivity index (χ3v) is 3.59. The predicted octanol–water partition coefficient (Wildman–Crippen LogP) is 5.02. The lowest BCUT2D eigenvalue weighted by Gasteiger charge is -2.29. The molecule has 2 aliphatic rings. The molecule has 3 heteroatoms. The van der Waals surface area contributed by atoms with E-state index in [2.05, 4.69) is 13.2 Å². The highest BCUT2D eigenvalue weighted by Gasteiger charge is 2.20. The zero-order valence-electron chi connectivity index (χ0n) is 15.5. The summed E-state index contributed by atoms with van der Waals surface area (Å²) in [6.45, 7) is 10.2. The van der Waals surface area contributed by atoms with Crippen LogP contribution < -0.4 is 0 Å². The summed E-state index contributed by atoms with van der Waals surface area (Å²) in [5.74, 6) is 0. The molecule has 2 N–H and O–H groups in total. The van der Waals surface area contributed by atoms with Gasteiger partial charge in [0.25, 0.3) is 0 Å². The Morgan fingerprint density at radius 3 is 1.22 bits per heavy atom. The second-order valence-electron chi connectivity index (χ2n) is 5.92. The fourth-order valence-electron chi connectivity index (χ4n) is 2.67. The Kier molecular flexibility index (Phi) is 22.9. The molecule has 0 aromatic heterocycles. The maximum atomic E-state index is 7.62. The number of ether oxygens (including phenoxy) is 1. The van der Waals surface area contributed by atoms with Crippen LogP contribution in [0.25, 0.3) is 0 Å². The van der Waals surface area contributed by atoms with Crippen molar-refractivity contribution in [2.75, 3.05) is 13.2 Å². The van der Waals surface area contributed by atoms with Crippen molar-refractivity contribution in [1.29, 1.82) is 0 Å². The van der Waals surface area contributed by atoms with E-state index in [0.29, 0.717) is 12.2 Å². The van der Waals surface area contributed by atoms with Crippen LogP contribution in [0.5, 0.6) is 0 Å². The molecule has 0 radical (unpaired) electrons. The van der Waals surface area contributed by atoms with E-state index in [1.54, 1.807) is 12.2 Å². The van der Waals surface area contributed by atoms with E-state index in [0.717, 1.165) is 0 Å². The van der Waals surface area contributed by atoms with E-state index in [1.165, 1.54) is 64.2 Å². The molecular formula is C20H40O3. The van der Waals surface area contributed by atoms with Crippen molar-refractivity contribution in [3.05, 3.63) is 25.3 Å². The molecule has 3 nitrogen and oxygen atoms in total. The number of hydrogen-bond donors (Lipinski definition) is 2. The topological polar surface area (TPSA) is 49.7 Å². The van der Waals surface area contributed by atoms with E-state index in [4.69, 9.17) is 14.9 Å². The van der Waals surface area contributed by atoms with Crippen LogP contribution in [0.1, 0.15) is 78.1 Å². The summed E-state index contributed by atoms with van der Waals surface area (Å²) >= 11 is 0. The molecule has 2 fully saturated rings. The Morgan fingerprint density at radius 1 is 0.739 bits per heavy atom. The van der Waals surface area contributed by atoms with Crippen LogP contribution >= 0.6 is 0 Å². The van der Waals surface area contributed by atoms with Crippen molar-refractivity contribution in [1.82, 2.24) is 0 Å². The summed E-state index contributed by atoms with van der Waals surface area (Å²) in [7, 11) is 0. The minimum atomic E-state index is -0.125. The van der Waals surface area contributed by atoms with Gasteiger partial charge in [0.05, 0.1) is 25.4 Å². The van der Waals surface area contributed by atoms with Gasteiger partial charge in [0, 0.05) is 0 Å². The second kappa shape index (κ2) is 21.4. The minimum Gasteiger partial charge on any atom is -0.394 e. The first-order valence-corrected chi connectivity index (χ1v) is 9.21. The summed E-state index contributed by atoms with van der Waals surface area (Å²) < 4.78 is 6.13. The zero-order chi connectivity index (χ0) is 17.8. The highest BCUT2D eigenvalue weighted by Crippen LogP contribution is 2.26. The summed E-state index contributed by atoms with van der Waals surface area (Å²) in [5, 5.41) is 15.2. The summed E-state index contributed by atoms with van der Waals surface area (Å²) in [4.78, 5) is 0. The Balaban J connectivity index is 0. The molecule has 0 aromatic rings. The van der Waals surface area contributed by atoms with E-state index in [-0.39, 0.29) is 13.2 Å². The molecule has 2 saturated carbocycles. The number of allylic oxidation sites excluding steroid dienone is 2. The first-order valence-electron chi connectivity index (χ1n) is 9.21. The lowest BCUT2D eigenvalue weighted by molar-refractivity contribution is -0.0450. The van der Waals surface area contributed by atoms with Crippen molar-refractivity contribution < 1.29 is 14.9 Å². The lowest BCUT2D eigenvalue weighted by Crippen LogP contribution is -2.25. The third-order valence-electron chi connectivity index (χ3n) is 3.59. The third kappa shape index (κ3) is 19.3. The maximum absolute atomic E-state index is 7.62. The summed E-state index contributed by atoms with van der Waals surface area (Å²) in [5.41, 5.74) is 0. The van der Waals surface area contributed by atoms with E-state index >= 15 is 0 Å². The standard InChI is InChI=1S/C12H22O.2C3H6.C2H6O2/c1-3-7-11(8-4-1)13-12-9-5-2-6-10-12;2*1-3-2;3-1-2-4/h11-12H,1-10H2;2*3H,1H2,2H3;3-4H,1-2H2. The molecule has 0 atom stereocenters. The lowest BCUT2D eigenvalue weighted by atomic mass is 9.95. The molecular weight excluding hydrogens is 288 g/mol. The highest BCUT2D eigenvalue weighted by molar-refractivity contribution is 4.71. The van der Waals surface area contributed by atoms with Crippen molar-refractivity contribution >= 4 is 0 Å². The van der Waals surface area contributed by atoms with Crippen LogP contribution in [-0.4, -0.2) is 35.6 Å². The molecule has 0 spiro atoms. The molecule has 0 aliphatic heterocycles. The Hall–Kier alpha value is -0.640. The molecule has 0 heterocycles. The van der Waals surface area contributed by atoms with Crippen molar-refractivity contribution in [2.24, 2.45) is 0 Å². The van der Waals surface area contributed by atoms with Crippen molar-refractivity contribution in [3.8, 4) is 0 Å². The Labute approximate surface area is 144 Å². The fourth-order valence-corrected chi connectivity index (χ4v) is 2.67. The van der Waals surface area contributed by atoms with Crippen LogP contribution in [0.2, 0.25) is 0 Å². The molecule has 0 bridgehead atoms. The monoisotopic (exact) mass is 328 g/mol. The molecule has 0 aromatic carbocycles. The van der Waals surface area contributed by atoms with Crippen LogP contribution in [0.3, 0.4) is 0 Å². The van der Waals surface area contributed by atoms with Crippen molar-refractivity contribution in [2.45, 2.75) is 90.3 Å². The van der Waals surface area contributed by atoms with Gasteiger partial charge >= 0.3 is 0 Å². The minimum absolute atomic E-state index is 0.125. The molecule has 0 unspecified atom stereocenters. The average Bonchev–Trinajstić information content (AvgIpc) is 2.58.